The van der Waals surface area contributed by atoms with Gasteiger partial charge in [0.1, 0.15) is 24.6 Å². The van der Waals surface area contributed by atoms with Crippen molar-refractivity contribution in [2.75, 3.05) is 31.9 Å². The van der Waals surface area contributed by atoms with Crippen LogP contribution in [0.15, 0.2) is 41.2 Å². The van der Waals surface area contributed by atoms with Gasteiger partial charge in [-0.15, -0.1) is 0 Å². The molecule has 35 heavy (non-hydrogen) atoms. The van der Waals surface area contributed by atoms with Gasteiger partial charge in [0.15, 0.2) is 17.7 Å². The molecule has 1 aromatic carbocycles. The van der Waals surface area contributed by atoms with E-state index in [0.29, 0.717) is 6.29 Å². The standard InChI is InChI=1S/C23H27N3O7.C2H6/c1-23(2,3)33-22(30)25-15-24(10-11-31-4)21(29)19-20(18(28)12-17(13-27)26(19)25)32-14-16-8-6-5-7-9-16;1-2/h5-9,12-13H,10-11,14-15H2,1-4H3;1-2H3. The van der Waals surface area contributed by atoms with Crippen molar-refractivity contribution in [3.05, 3.63) is 63.6 Å². The molecule has 0 N–H and O–H groups in total. The molecule has 10 nitrogen and oxygen atoms in total. The predicted molar refractivity (Wildman–Crippen MR) is 130 cm³/mol. The van der Waals surface area contributed by atoms with Gasteiger partial charge >= 0.3 is 6.09 Å². The molecule has 1 aliphatic heterocycles. The van der Waals surface area contributed by atoms with Crippen LogP contribution in [0.1, 0.15) is 61.2 Å². The lowest BCUT2D eigenvalue weighted by molar-refractivity contribution is 0.0424. The lowest BCUT2D eigenvalue weighted by atomic mass is 10.2. The number of ether oxygens (including phenoxy) is 3. The van der Waals surface area contributed by atoms with Gasteiger partial charge in [-0.05, 0) is 26.3 Å². The molecule has 0 fully saturated rings. The number of pyridine rings is 1. The Morgan fingerprint density at radius 1 is 1.11 bits per heavy atom. The van der Waals surface area contributed by atoms with E-state index in [1.807, 2.05) is 44.2 Å². The first-order valence-corrected chi connectivity index (χ1v) is 11.4. The Morgan fingerprint density at radius 3 is 2.34 bits per heavy atom. The Hall–Kier alpha value is -3.66. The van der Waals surface area contributed by atoms with E-state index >= 15 is 0 Å². The second-order valence-corrected chi connectivity index (χ2v) is 8.40. The highest BCUT2D eigenvalue weighted by atomic mass is 16.6. The van der Waals surface area contributed by atoms with Crippen molar-refractivity contribution in [2.45, 2.75) is 46.8 Å². The average Bonchev–Trinajstić information content (AvgIpc) is 2.83. The largest absolute Gasteiger partial charge is 0.482 e. The Balaban J connectivity index is 0.00000210. The third-order valence-corrected chi connectivity index (χ3v) is 4.73. The Morgan fingerprint density at radius 2 is 1.77 bits per heavy atom. The number of amides is 2. The topological polar surface area (TPSA) is 107 Å². The summed E-state index contributed by atoms with van der Waals surface area (Å²) in [6.45, 7) is 9.25. The van der Waals surface area contributed by atoms with Gasteiger partial charge in [-0.3, -0.25) is 14.4 Å². The van der Waals surface area contributed by atoms with Crippen molar-refractivity contribution in [3.8, 4) is 5.75 Å². The zero-order valence-corrected chi connectivity index (χ0v) is 21.1. The molecule has 0 bridgehead atoms. The number of benzene rings is 1. The van der Waals surface area contributed by atoms with Crippen LogP contribution in [0.2, 0.25) is 0 Å². The molecule has 1 aromatic heterocycles. The molecule has 10 heteroatoms. The van der Waals surface area contributed by atoms with E-state index in [1.54, 1.807) is 20.8 Å². The molecule has 0 saturated heterocycles. The second-order valence-electron chi connectivity index (χ2n) is 8.40. The summed E-state index contributed by atoms with van der Waals surface area (Å²) in [7, 11) is 1.48. The number of rotatable bonds is 7. The van der Waals surface area contributed by atoms with E-state index < -0.39 is 23.0 Å². The molecular weight excluding hydrogens is 454 g/mol. The van der Waals surface area contributed by atoms with E-state index in [1.165, 1.54) is 12.0 Å². The third-order valence-electron chi connectivity index (χ3n) is 4.73. The van der Waals surface area contributed by atoms with Gasteiger partial charge in [0.2, 0.25) is 5.43 Å². The highest BCUT2D eigenvalue weighted by Crippen LogP contribution is 2.25. The molecule has 0 saturated carbocycles. The number of aldehydes is 1. The molecule has 0 aliphatic carbocycles. The highest BCUT2D eigenvalue weighted by Gasteiger charge is 2.39. The van der Waals surface area contributed by atoms with Gasteiger partial charge in [-0.1, -0.05) is 44.2 Å². The number of methoxy groups -OCH3 is 1. The van der Waals surface area contributed by atoms with Crippen molar-refractivity contribution in [1.29, 1.82) is 0 Å². The summed E-state index contributed by atoms with van der Waals surface area (Å²) in [6, 6.07) is 10.1. The van der Waals surface area contributed by atoms with Crippen molar-refractivity contribution >= 4 is 18.3 Å². The molecule has 1 aliphatic rings. The SMILES string of the molecule is CC.COCCN1CN(C(=O)OC(C)(C)C)n2c(C=O)cc(=O)c(OCc3ccccc3)c2C1=O. The van der Waals surface area contributed by atoms with Crippen LogP contribution >= 0.6 is 0 Å². The van der Waals surface area contributed by atoms with Crippen LogP contribution in [0.5, 0.6) is 5.75 Å². The minimum Gasteiger partial charge on any atom is -0.482 e. The molecule has 3 rings (SSSR count). The van der Waals surface area contributed by atoms with Crippen LogP contribution in [0.25, 0.3) is 0 Å². The maximum atomic E-state index is 13.4. The smallest absolute Gasteiger partial charge is 0.431 e. The highest BCUT2D eigenvalue weighted by molar-refractivity contribution is 5.99. The van der Waals surface area contributed by atoms with E-state index in [0.717, 1.165) is 21.3 Å². The summed E-state index contributed by atoms with van der Waals surface area (Å²) in [5.41, 5.74) is -1.10. The maximum absolute atomic E-state index is 13.4. The summed E-state index contributed by atoms with van der Waals surface area (Å²) < 4.78 is 17.4. The van der Waals surface area contributed by atoms with Crippen LogP contribution in [0.3, 0.4) is 0 Å². The number of fused-ring (bicyclic) bond motifs is 1. The lowest BCUT2D eigenvalue weighted by Gasteiger charge is -2.39. The number of aromatic nitrogens is 1. The van der Waals surface area contributed by atoms with Crippen LogP contribution in [0, 0.1) is 0 Å². The molecule has 2 heterocycles. The number of hydrogen-bond acceptors (Lipinski definition) is 7. The summed E-state index contributed by atoms with van der Waals surface area (Å²) >= 11 is 0. The quantitative estimate of drug-likeness (QED) is 0.552. The molecule has 2 aromatic rings. The Bertz CT molecular complexity index is 1090. The monoisotopic (exact) mass is 487 g/mol. The van der Waals surface area contributed by atoms with Crippen LogP contribution in [-0.4, -0.2) is 60.4 Å². The maximum Gasteiger partial charge on any atom is 0.431 e. The summed E-state index contributed by atoms with van der Waals surface area (Å²) in [5, 5.41) is 1.09. The van der Waals surface area contributed by atoms with Crippen molar-refractivity contribution in [2.24, 2.45) is 0 Å². The normalized spacial score (nSPS) is 12.9. The lowest BCUT2D eigenvalue weighted by Crippen LogP contribution is -2.58. The summed E-state index contributed by atoms with van der Waals surface area (Å²) in [4.78, 5) is 52.4. The Labute approximate surface area is 205 Å². The summed E-state index contributed by atoms with van der Waals surface area (Å²) in [6.07, 6.45) is -0.388. The van der Waals surface area contributed by atoms with Crippen LogP contribution < -0.4 is 15.2 Å². The van der Waals surface area contributed by atoms with E-state index in [2.05, 4.69) is 0 Å². The molecule has 0 atom stereocenters. The molecule has 0 spiro atoms. The fourth-order valence-electron chi connectivity index (χ4n) is 3.27. The summed E-state index contributed by atoms with van der Waals surface area (Å²) in [5.74, 6) is -0.833. The molecular formula is C25H33N3O7. The second kappa shape index (κ2) is 12.2. The van der Waals surface area contributed by atoms with Crippen molar-refractivity contribution in [3.63, 3.8) is 0 Å². The third kappa shape index (κ3) is 6.69. The first kappa shape index (κ1) is 27.6. The molecule has 0 unspecified atom stereocenters. The van der Waals surface area contributed by atoms with Crippen LogP contribution in [0.4, 0.5) is 4.79 Å². The van der Waals surface area contributed by atoms with Gasteiger partial charge in [0.05, 0.1) is 6.61 Å². The average molecular weight is 488 g/mol. The van der Waals surface area contributed by atoms with Gasteiger partial charge in [-0.2, -0.15) is 5.01 Å². The van der Waals surface area contributed by atoms with Gasteiger partial charge < -0.3 is 19.1 Å². The first-order valence-electron chi connectivity index (χ1n) is 11.4. The van der Waals surface area contributed by atoms with Gasteiger partial charge in [-0.25, -0.2) is 9.47 Å². The number of hydrogen-bond donors (Lipinski definition) is 0. The number of carbonyl (C=O) groups excluding carboxylic acids is 3. The fourth-order valence-corrected chi connectivity index (χ4v) is 3.27. The minimum absolute atomic E-state index is 0.0152. The zero-order valence-electron chi connectivity index (χ0n) is 21.1. The molecule has 190 valence electrons. The van der Waals surface area contributed by atoms with E-state index in [9.17, 15) is 19.2 Å². The first-order chi connectivity index (χ1) is 16.7. The van der Waals surface area contributed by atoms with Gasteiger partial charge in [0.25, 0.3) is 5.91 Å². The van der Waals surface area contributed by atoms with Crippen LogP contribution in [-0.2, 0) is 16.1 Å². The molecule has 0 radical (unpaired) electrons. The van der Waals surface area contributed by atoms with Crippen molar-refractivity contribution < 1.29 is 28.6 Å². The van der Waals surface area contributed by atoms with E-state index in [-0.39, 0.29) is 43.6 Å². The fraction of sp³-hybridized carbons (Fsp3) is 0.440. The zero-order chi connectivity index (χ0) is 26.2. The Kier molecular flexibility index (Phi) is 9.59. The van der Waals surface area contributed by atoms with Crippen molar-refractivity contribution in [1.82, 2.24) is 9.58 Å². The number of nitrogens with zero attached hydrogens (tertiary/aromatic N) is 3. The predicted octanol–water partition coefficient (Wildman–Crippen LogP) is 3.20. The number of carbonyl (C=O) groups is 3. The molecule has 2 amide bonds. The van der Waals surface area contributed by atoms with Gasteiger partial charge in [0, 0.05) is 19.7 Å². The minimum atomic E-state index is -0.830. The van der Waals surface area contributed by atoms with E-state index in [4.69, 9.17) is 14.2 Å².